The lowest BCUT2D eigenvalue weighted by Crippen LogP contribution is -1.90. The van der Waals surface area contributed by atoms with Crippen LogP contribution < -0.4 is 0 Å². The van der Waals surface area contributed by atoms with Crippen molar-refractivity contribution in [3.63, 3.8) is 0 Å². The van der Waals surface area contributed by atoms with Gasteiger partial charge < -0.3 is 9.52 Å². The fourth-order valence-corrected chi connectivity index (χ4v) is 0.560. The first kappa shape index (κ1) is 6.13. The Labute approximate surface area is 53.1 Å². The first-order valence-corrected chi connectivity index (χ1v) is 2.84. The molecule has 0 aliphatic heterocycles. The van der Waals surface area contributed by atoms with E-state index in [0.717, 1.165) is 13.6 Å². The molecule has 1 heterocycles. The second kappa shape index (κ2) is 2.52. The molecule has 0 aliphatic carbocycles. The molecular formula is C4H7BN2O2. The number of aromatic nitrogens is 2. The number of aromatic hydroxyl groups is 1. The van der Waals surface area contributed by atoms with E-state index in [4.69, 9.17) is 5.11 Å². The monoisotopic (exact) mass is 126 g/mol. The van der Waals surface area contributed by atoms with E-state index in [9.17, 15) is 0 Å². The van der Waals surface area contributed by atoms with Crippen LogP contribution in [0.2, 0.25) is 6.82 Å². The molecule has 0 bridgehead atoms. The molecule has 0 radical (unpaired) electrons. The molecule has 0 unspecified atom stereocenters. The highest BCUT2D eigenvalue weighted by Crippen LogP contribution is 2.04. The molecule has 0 saturated heterocycles. The SMILES string of the molecule is CBCc1nnc(O)o1. The molecule has 1 rings (SSSR count). The summed E-state index contributed by atoms with van der Waals surface area (Å²) in [6.45, 7) is 2.00. The van der Waals surface area contributed by atoms with E-state index in [0.29, 0.717) is 5.89 Å². The highest BCUT2D eigenvalue weighted by atomic mass is 16.5. The lowest BCUT2D eigenvalue weighted by atomic mass is 9.78. The molecule has 48 valence electrons. The Bertz CT molecular complexity index is 188. The maximum Gasteiger partial charge on any atom is 0.412 e. The van der Waals surface area contributed by atoms with E-state index < -0.39 is 0 Å². The molecule has 0 spiro atoms. The van der Waals surface area contributed by atoms with E-state index in [1.165, 1.54) is 0 Å². The minimum atomic E-state index is -0.349. The Morgan fingerprint density at radius 3 is 2.89 bits per heavy atom. The number of nitrogens with zero attached hydrogens (tertiary/aromatic N) is 2. The third-order valence-electron chi connectivity index (χ3n) is 0.920. The first-order chi connectivity index (χ1) is 4.33. The molecule has 4 nitrogen and oxygen atoms in total. The normalized spacial score (nSPS) is 9.44. The number of hydrogen-bond acceptors (Lipinski definition) is 4. The van der Waals surface area contributed by atoms with E-state index in [2.05, 4.69) is 14.6 Å². The molecule has 0 aromatic carbocycles. The predicted molar refractivity (Wildman–Crippen MR) is 32.7 cm³/mol. The van der Waals surface area contributed by atoms with Crippen molar-refractivity contribution in [1.29, 1.82) is 0 Å². The van der Waals surface area contributed by atoms with Crippen LogP contribution in [0.4, 0.5) is 0 Å². The third kappa shape index (κ3) is 1.45. The standard InChI is InChI=1S/C4H7BN2O2/c1-5-2-3-6-7-4(8)9-3/h5H,2H2,1H3,(H,7,8). The Hall–Kier alpha value is -0.995. The minimum absolute atomic E-state index is 0.349. The topological polar surface area (TPSA) is 59.2 Å². The summed E-state index contributed by atoms with van der Waals surface area (Å²) in [5, 5.41) is 15.4. The summed E-state index contributed by atoms with van der Waals surface area (Å²) in [5.41, 5.74) is 0. The Balaban J connectivity index is 2.61. The van der Waals surface area contributed by atoms with Crippen molar-refractivity contribution in [2.45, 2.75) is 13.1 Å². The van der Waals surface area contributed by atoms with Gasteiger partial charge in [0.1, 0.15) is 7.28 Å². The molecule has 9 heavy (non-hydrogen) atoms. The van der Waals surface area contributed by atoms with Crippen molar-refractivity contribution in [3.05, 3.63) is 5.89 Å². The van der Waals surface area contributed by atoms with Crippen LogP contribution >= 0.6 is 0 Å². The molecule has 0 saturated carbocycles. The average Bonchev–Trinajstić information content (AvgIpc) is 2.17. The quantitative estimate of drug-likeness (QED) is 0.555. The summed E-state index contributed by atoms with van der Waals surface area (Å²) >= 11 is 0. The van der Waals surface area contributed by atoms with Crippen molar-refractivity contribution in [1.82, 2.24) is 10.2 Å². The molecular weight excluding hydrogens is 119 g/mol. The van der Waals surface area contributed by atoms with Crippen LogP contribution in [0.3, 0.4) is 0 Å². The van der Waals surface area contributed by atoms with E-state index in [-0.39, 0.29) is 6.08 Å². The van der Waals surface area contributed by atoms with Crippen LogP contribution in [0.5, 0.6) is 6.08 Å². The summed E-state index contributed by atoms with van der Waals surface area (Å²) in [7, 11) is 0.946. The lowest BCUT2D eigenvalue weighted by Gasteiger charge is -1.81. The Morgan fingerprint density at radius 1 is 1.67 bits per heavy atom. The van der Waals surface area contributed by atoms with Crippen molar-refractivity contribution in [3.8, 4) is 6.08 Å². The van der Waals surface area contributed by atoms with Crippen LogP contribution in [-0.2, 0) is 6.32 Å². The molecule has 0 fully saturated rings. The van der Waals surface area contributed by atoms with Gasteiger partial charge in [0, 0.05) is 0 Å². The summed E-state index contributed by atoms with van der Waals surface area (Å²) in [4.78, 5) is 0. The van der Waals surface area contributed by atoms with Gasteiger partial charge in [-0.15, -0.1) is 5.10 Å². The van der Waals surface area contributed by atoms with Gasteiger partial charge in [-0.3, -0.25) is 0 Å². The molecule has 0 amide bonds. The van der Waals surface area contributed by atoms with Gasteiger partial charge in [0.25, 0.3) is 0 Å². The van der Waals surface area contributed by atoms with Gasteiger partial charge in [-0.05, 0) is 6.32 Å². The van der Waals surface area contributed by atoms with Crippen LogP contribution in [-0.4, -0.2) is 22.6 Å². The van der Waals surface area contributed by atoms with Crippen LogP contribution in [0.25, 0.3) is 0 Å². The van der Waals surface area contributed by atoms with Crippen LogP contribution in [0, 0.1) is 0 Å². The summed E-state index contributed by atoms with van der Waals surface area (Å²) in [6.07, 6.45) is 0.381. The van der Waals surface area contributed by atoms with Crippen molar-refractivity contribution < 1.29 is 9.52 Å². The summed E-state index contributed by atoms with van der Waals surface area (Å²) < 4.78 is 4.66. The van der Waals surface area contributed by atoms with Crippen molar-refractivity contribution in [2.24, 2.45) is 0 Å². The average molecular weight is 126 g/mol. The van der Waals surface area contributed by atoms with Gasteiger partial charge in [0.2, 0.25) is 5.89 Å². The molecule has 1 aromatic rings. The van der Waals surface area contributed by atoms with Gasteiger partial charge >= 0.3 is 6.08 Å². The molecule has 1 aromatic heterocycles. The molecule has 1 N–H and O–H groups in total. The fourth-order valence-electron chi connectivity index (χ4n) is 0.560. The Morgan fingerprint density at radius 2 is 2.44 bits per heavy atom. The van der Waals surface area contributed by atoms with Crippen molar-refractivity contribution in [2.75, 3.05) is 0 Å². The molecule has 0 aliphatic rings. The second-order valence-electron chi connectivity index (χ2n) is 1.73. The van der Waals surface area contributed by atoms with Crippen molar-refractivity contribution >= 4 is 7.28 Å². The van der Waals surface area contributed by atoms with Gasteiger partial charge in [-0.1, -0.05) is 11.9 Å². The minimum Gasteiger partial charge on any atom is -0.465 e. The summed E-state index contributed by atoms with van der Waals surface area (Å²) in [6, 6.07) is 0. The van der Waals surface area contributed by atoms with Gasteiger partial charge in [-0.25, -0.2) is 0 Å². The summed E-state index contributed by atoms with van der Waals surface area (Å²) in [5.74, 6) is 0.495. The highest BCUT2D eigenvalue weighted by Gasteiger charge is 2.00. The van der Waals surface area contributed by atoms with Crippen LogP contribution in [0.1, 0.15) is 5.89 Å². The van der Waals surface area contributed by atoms with E-state index in [1.54, 1.807) is 0 Å². The van der Waals surface area contributed by atoms with Gasteiger partial charge in [-0.2, -0.15) is 0 Å². The van der Waals surface area contributed by atoms with Gasteiger partial charge in [0.05, 0.1) is 0 Å². The van der Waals surface area contributed by atoms with Crippen LogP contribution in [0.15, 0.2) is 4.42 Å². The predicted octanol–water partition coefficient (Wildman–Crippen LogP) is -0.240. The molecule has 5 heteroatoms. The largest absolute Gasteiger partial charge is 0.465 e. The zero-order valence-electron chi connectivity index (χ0n) is 5.16. The molecule has 0 atom stereocenters. The number of rotatable bonds is 2. The first-order valence-electron chi connectivity index (χ1n) is 2.84. The second-order valence-corrected chi connectivity index (χ2v) is 1.73. The zero-order valence-corrected chi connectivity index (χ0v) is 5.16. The third-order valence-corrected chi connectivity index (χ3v) is 0.920. The highest BCUT2D eigenvalue weighted by molar-refractivity contribution is 6.32. The number of hydrogen-bond donors (Lipinski definition) is 1. The lowest BCUT2D eigenvalue weighted by molar-refractivity contribution is 0.307. The van der Waals surface area contributed by atoms with Gasteiger partial charge in [0.15, 0.2) is 0 Å². The maximum atomic E-state index is 8.54. The smallest absolute Gasteiger partial charge is 0.412 e. The van der Waals surface area contributed by atoms with E-state index in [1.807, 2.05) is 6.82 Å². The Kier molecular flexibility index (Phi) is 1.72. The maximum absolute atomic E-state index is 8.54. The fraction of sp³-hybridized carbons (Fsp3) is 0.500. The van der Waals surface area contributed by atoms with E-state index >= 15 is 0 Å². The zero-order chi connectivity index (χ0) is 6.69.